The molecule has 8 nitrogen and oxygen atoms in total. The maximum atomic E-state index is 12.3. The average Bonchev–Trinajstić information content (AvgIpc) is 3.21. The van der Waals surface area contributed by atoms with E-state index in [4.69, 9.17) is 4.52 Å². The summed E-state index contributed by atoms with van der Waals surface area (Å²) in [6, 6.07) is 3.66. The van der Waals surface area contributed by atoms with Gasteiger partial charge in [-0.3, -0.25) is 14.9 Å². The predicted octanol–water partition coefficient (Wildman–Crippen LogP) is 2.06. The molecule has 1 amide bonds. The summed E-state index contributed by atoms with van der Waals surface area (Å²) in [5, 5.41) is 11.0. The fourth-order valence-corrected chi connectivity index (χ4v) is 2.59. The minimum absolute atomic E-state index is 0.0149. The van der Waals surface area contributed by atoms with Crippen molar-refractivity contribution < 1.29 is 9.32 Å². The summed E-state index contributed by atoms with van der Waals surface area (Å²) in [5.74, 6) is 0.875. The first-order chi connectivity index (χ1) is 12.0. The molecule has 0 atom stereocenters. The highest BCUT2D eigenvalue weighted by molar-refractivity contribution is 5.76. The van der Waals surface area contributed by atoms with Crippen LogP contribution in [-0.4, -0.2) is 43.2 Å². The monoisotopic (exact) mass is 340 g/mol. The molecule has 0 saturated heterocycles. The Balaban J connectivity index is 1.58. The molecular formula is C17H20N6O2. The molecule has 0 bridgehead atoms. The van der Waals surface area contributed by atoms with Crippen LogP contribution in [0.3, 0.4) is 0 Å². The molecule has 0 aliphatic carbocycles. The van der Waals surface area contributed by atoms with Gasteiger partial charge in [-0.15, -0.1) is 0 Å². The van der Waals surface area contributed by atoms with Crippen molar-refractivity contribution in [2.24, 2.45) is 0 Å². The summed E-state index contributed by atoms with van der Waals surface area (Å²) in [6.45, 7) is 4.17. The highest BCUT2D eigenvalue weighted by atomic mass is 16.5. The van der Waals surface area contributed by atoms with Crippen molar-refractivity contribution in [2.75, 3.05) is 7.05 Å². The van der Waals surface area contributed by atoms with Crippen LogP contribution in [-0.2, 0) is 17.8 Å². The smallest absolute Gasteiger partial charge is 0.246 e. The van der Waals surface area contributed by atoms with Crippen molar-refractivity contribution in [3.63, 3.8) is 0 Å². The van der Waals surface area contributed by atoms with Gasteiger partial charge in [-0.2, -0.15) is 10.1 Å². The van der Waals surface area contributed by atoms with Crippen LogP contribution in [0.4, 0.5) is 0 Å². The lowest BCUT2D eigenvalue weighted by Crippen LogP contribution is -2.26. The lowest BCUT2D eigenvalue weighted by Gasteiger charge is -2.14. The summed E-state index contributed by atoms with van der Waals surface area (Å²) < 4.78 is 5.23. The highest BCUT2D eigenvalue weighted by Gasteiger charge is 2.16. The normalized spacial score (nSPS) is 10.8. The molecule has 3 heterocycles. The number of carbonyl (C=O) groups excluding carboxylic acids is 1. The van der Waals surface area contributed by atoms with Gasteiger partial charge in [0.05, 0.1) is 12.2 Å². The molecule has 0 aliphatic rings. The SMILES string of the molecule is Cc1n[nH]c(C)c1CCC(=O)N(C)Cc1nc(-c2cccnc2)no1. The van der Waals surface area contributed by atoms with Gasteiger partial charge >= 0.3 is 0 Å². The number of aromatic amines is 1. The molecule has 25 heavy (non-hydrogen) atoms. The first-order valence-electron chi connectivity index (χ1n) is 8.02. The zero-order valence-corrected chi connectivity index (χ0v) is 14.5. The molecule has 8 heteroatoms. The zero-order chi connectivity index (χ0) is 17.8. The Hall–Kier alpha value is -3.03. The Morgan fingerprint density at radius 2 is 2.20 bits per heavy atom. The molecule has 130 valence electrons. The average molecular weight is 340 g/mol. The topological polar surface area (TPSA) is 101 Å². The molecular weight excluding hydrogens is 320 g/mol. The minimum atomic E-state index is 0.0149. The van der Waals surface area contributed by atoms with Gasteiger partial charge in [0.1, 0.15) is 0 Å². The van der Waals surface area contributed by atoms with Crippen LogP contribution in [0.2, 0.25) is 0 Å². The Bertz CT molecular complexity index is 836. The van der Waals surface area contributed by atoms with Gasteiger partial charge in [0, 0.05) is 37.1 Å². The molecule has 1 N–H and O–H groups in total. The van der Waals surface area contributed by atoms with Crippen molar-refractivity contribution in [1.82, 2.24) is 30.2 Å². The second kappa shape index (κ2) is 7.25. The standard InChI is InChI=1S/C17H20N6O2/c1-11-14(12(2)21-20-11)6-7-16(24)23(3)10-15-19-17(22-25-15)13-5-4-8-18-9-13/h4-5,8-9H,6-7,10H2,1-3H3,(H,20,21). The molecule has 3 aromatic heterocycles. The van der Waals surface area contributed by atoms with Crippen LogP contribution in [0.1, 0.15) is 29.3 Å². The third kappa shape index (κ3) is 3.90. The third-order valence-corrected chi connectivity index (χ3v) is 4.06. The van der Waals surface area contributed by atoms with Gasteiger partial charge < -0.3 is 9.42 Å². The Kier molecular flexibility index (Phi) is 4.87. The number of aryl methyl sites for hydroxylation is 2. The van der Waals surface area contributed by atoms with Crippen LogP contribution in [0.25, 0.3) is 11.4 Å². The zero-order valence-electron chi connectivity index (χ0n) is 14.5. The number of nitrogens with one attached hydrogen (secondary N) is 1. The highest BCUT2D eigenvalue weighted by Crippen LogP contribution is 2.15. The second-order valence-electron chi connectivity index (χ2n) is 5.92. The van der Waals surface area contributed by atoms with Crippen molar-refractivity contribution in [3.8, 4) is 11.4 Å². The predicted molar refractivity (Wildman–Crippen MR) is 90.4 cm³/mol. The van der Waals surface area contributed by atoms with Gasteiger partial charge in [0.2, 0.25) is 17.6 Å². The summed E-state index contributed by atoms with van der Waals surface area (Å²) >= 11 is 0. The number of nitrogens with zero attached hydrogens (tertiary/aromatic N) is 5. The number of pyridine rings is 1. The summed E-state index contributed by atoms with van der Waals surface area (Å²) in [5.41, 5.74) is 3.81. The van der Waals surface area contributed by atoms with Crippen LogP contribution >= 0.6 is 0 Å². The van der Waals surface area contributed by atoms with Gasteiger partial charge in [-0.25, -0.2) is 0 Å². The Morgan fingerprint density at radius 1 is 1.36 bits per heavy atom. The molecule has 0 aromatic carbocycles. The van der Waals surface area contributed by atoms with E-state index in [1.807, 2.05) is 19.9 Å². The number of rotatable bonds is 6. The lowest BCUT2D eigenvalue weighted by molar-refractivity contribution is -0.130. The van der Waals surface area contributed by atoms with E-state index in [0.717, 1.165) is 22.5 Å². The molecule has 3 aromatic rings. The van der Waals surface area contributed by atoms with Crippen LogP contribution in [0.5, 0.6) is 0 Å². The largest absolute Gasteiger partial charge is 0.337 e. The van der Waals surface area contributed by atoms with Crippen LogP contribution < -0.4 is 0 Å². The van der Waals surface area contributed by atoms with Crippen molar-refractivity contribution >= 4 is 5.91 Å². The van der Waals surface area contributed by atoms with E-state index in [9.17, 15) is 4.79 Å². The molecule has 0 aliphatic heterocycles. The molecule has 3 rings (SSSR count). The fourth-order valence-electron chi connectivity index (χ4n) is 2.59. The summed E-state index contributed by atoms with van der Waals surface area (Å²) in [6.07, 6.45) is 4.41. The van der Waals surface area contributed by atoms with Crippen LogP contribution in [0.15, 0.2) is 29.0 Å². The van der Waals surface area contributed by atoms with Crippen molar-refractivity contribution in [3.05, 3.63) is 47.4 Å². The maximum Gasteiger partial charge on any atom is 0.246 e. The fraction of sp³-hybridized carbons (Fsp3) is 0.353. The number of amides is 1. The number of aromatic nitrogens is 5. The van der Waals surface area contributed by atoms with Gasteiger partial charge in [-0.05, 0) is 38.0 Å². The van der Waals surface area contributed by atoms with E-state index in [1.54, 1.807) is 30.4 Å². The Labute approximate surface area is 145 Å². The van der Waals surface area contributed by atoms with E-state index in [-0.39, 0.29) is 12.5 Å². The minimum Gasteiger partial charge on any atom is -0.337 e. The van der Waals surface area contributed by atoms with E-state index in [0.29, 0.717) is 24.6 Å². The van der Waals surface area contributed by atoms with Crippen LogP contribution in [0, 0.1) is 13.8 Å². The van der Waals surface area contributed by atoms with E-state index < -0.39 is 0 Å². The van der Waals surface area contributed by atoms with E-state index in [1.165, 1.54) is 0 Å². The first-order valence-corrected chi connectivity index (χ1v) is 8.02. The molecule has 0 unspecified atom stereocenters. The third-order valence-electron chi connectivity index (χ3n) is 4.06. The molecule has 0 saturated carbocycles. The second-order valence-corrected chi connectivity index (χ2v) is 5.92. The summed E-state index contributed by atoms with van der Waals surface area (Å²) in [7, 11) is 1.73. The number of hydrogen-bond acceptors (Lipinski definition) is 6. The maximum absolute atomic E-state index is 12.3. The first kappa shape index (κ1) is 16.8. The van der Waals surface area contributed by atoms with Gasteiger partial charge in [0.15, 0.2) is 0 Å². The molecule has 0 fully saturated rings. The van der Waals surface area contributed by atoms with E-state index >= 15 is 0 Å². The van der Waals surface area contributed by atoms with Gasteiger partial charge in [-0.1, -0.05) is 5.16 Å². The number of H-pyrrole nitrogens is 1. The van der Waals surface area contributed by atoms with Crippen molar-refractivity contribution in [2.45, 2.75) is 33.2 Å². The van der Waals surface area contributed by atoms with E-state index in [2.05, 4.69) is 25.3 Å². The van der Waals surface area contributed by atoms with Gasteiger partial charge in [0.25, 0.3) is 0 Å². The quantitative estimate of drug-likeness (QED) is 0.737. The number of carbonyl (C=O) groups is 1. The lowest BCUT2D eigenvalue weighted by atomic mass is 10.1. The molecule has 0 radical (unpaired) electrons. The van der Waals surface area contributed by atoms with Crippen molar-refractivity contribution in [1.29, 1.82) is 0 Å². The molecule has 0 spiro atoms. The Morgan fingerprint density at radius 3 is 2.88 bits per heavy atom. The summed E-state index contributed by atoms with van der Waals surface area (Å²) in [4.78, 5) is 22.3. The number of hydrogen-bond donors (Lipinski definition) is 1.